The van der Waals surface area contributed by atoms with Crippen LogP contribution in [0.5, 0.6) is 11.5 Å². The molecule has 22 heavy (non-hydrogen) atoms. The van der Waals surface area contributed by atoms with Crippen LogP contribution in [0.15, 0.2) is 42.7 Å². The summed E-state index contributed by atoms with van der Waals surface area (Å²) >= 11 is 0. The zero-order valence-corrected chi connectivity index (χ0v) is 12.3. The standard InChI is InChI=1S/C16H16N4O2/c1-21-14-7-10-13(8-15(14)22-2)18-9-19-16(10)20-12-6-4-3-5-11(12)17/h3-9H,17H2,1-2H3,(H,18,19,20). The van der Waals surface area contributed by atoms with Gasteiger partial charge in [0.15, 0.2) is 11.5 Å². The third kappa shape index (κ3) is 2.46. The second-order valence-corrected chi connectivity index (χ2v) is 4.66. The van der Waals surface area contributed by atoms with Gasteiger partial charge >= 0.3 is 0 Å². The molecule has 1 aromatic heterocycles. The van der Waals surface area contributed by atoms with Crippen LogP contribution in [0.4, 0.5) is 17.2 Å². The fourth-order valence-corrected chi connectivity index (χ4v) is 2.22. The van der Waals surface area contributed by atoms with Crippen LogP contribution < -0.4 is 20.5 Å². The lowest BCUT2D eigenvalue weighted by atomic mass is 10.2. The van der Waals surface area contributed by atoms with Crippen molar-refractivity contribution < 1.29 is 9.47 Å². The summed E-state index contributed by atoms with van der Waals surface area (Å²) in [5.41, 5.74) is 8.15. The second-order valence-electron chi connectivity index (χ2n) is 4.66. The van der Waals surface area contributed by atoms with Crippen molar-refractivity contribution in [3.63, 3.8) is 0 Å². The average molecular weight is 296 g/mol. The molecule has 0 saturated heterocycles. The van der Waals surface area contributed by atoms with Gasteiger partial charge in [-0.25, -0.2) is 9.97 Å². The van der Waals surface area contributed by atoms with Crippen molar-refractivity contribution in [3.05, 3.63) is 42.7 Å². The minimum atomic E-state index is 0.619. The Labute approximate surface area is 127 Å². The Balaban J connectivity index is 2.12. The number of benzene rings is 2. The predicted molar refractivity (Wildman–Crippen MR) is 86.8 cm³/mol. The fraction of sp³-hybridized carbons (Fsp3) is 0.125. The number of nitrogens with zero attached hydrogens (tertiary/aromatic N) is 2. The predicted octanol–water partition coefficient (Wildman–Crippen LogP) is 2.97. The van der Waals surface area contributed by atoms with Crippen molar-refractivity contribution in [2.75, 3.05) is 25.3 Å². The monoisotopic (exact) mass is 296 g/mol. The first kappa shape index (κ1) is 13.9. The number of methoxy groups -OCH3 is 2. The minimum Gasteiger partial charge on any atom is -0.493 e. The van der Waals surface area contributed by atoms with Crippen LogP contribution in [0.25, 0.3) is 10.9 Å². The van der Waals surface area contributed by atoms with Gasteiger partial charge in [-0.1, -0.05) is 12.1 Å². The van der Waals surface area contributed by atoms with Gasteiger partial charge in [0.05, 0.1) is 31.1 Å². The molecule has 0 aliphatic carbocycles. The molecule has 3 rings (SSSR count). The highest BCUT2D eigenvalue weighted by atomic mass is 16.5. The van der Waals surface area contributed by atoms with Gasteiger partial charge in [0.25, 0.3) is 0 Å². The van der Waals surface area contributed by atoms with E-state index in [0.29, 0.717) is 23.0 Å². The number of hydrogen-bond donors (Lipinski definition) is 2. The summed E-state index contributed by atoms with van der Waals surface area (Å²) < 4.78 is 10.6. The summed E-state index contributed by atoms with van der Waals surface area (Å²) in [6.45, 7) is 0. The van der Waals surface area contributed by atoms with Gasteiger partial charge in [-0.15, -0.1) is 0 Å². The molecular weight excluding hydrogens is 280 g/mol. The third-order valence-electron chi connectivity index (χ3n) is 3.35. The number of nitrogen functional groups attached to an aromatic ring is 1. The number of para-hydroxylation sites is 2. The van der Waals surface area contributed by atoms with Crippen LogP contribution in [-0.2, 0) is 0 Å². The lowest BCUT2D eigenvalue weighted by Gasteiger charge is -2.13. The quantitative estimate of drug-likeness (QED) is 0.720. The lowest BCUT2D eigenvalue weighted by molar-refractivity contribution is 0.356. The van der Waals surface area contributed by atoms with Crippen LogP contribution in [0, 0.1) is 0 Å². The topological polar surface area (TPSA) is 82.3 Å². The smallest absolute Gasteiger partial charge is 0.162 e. The normalized spacial score (nSPS) is 10.5. The number of anilines is 3. The highest BCUT2D eigenvalue weighted by molar-refractivity contribution is 5.93. The van der Waals surface area contributed by atoms with Crippen LogP contribution in [0.2, 0.25) is 0 Å². The maximum absolute atomic E-state index is 5.96. The highest BCUT2D eigenvalue weighted by Crippen LogP contribution is 2.34. The van der Waals surface area contributed by atoms with E-state index < -0.39 is 0 Å². The number of fused-ring (bicyclic) bond motifs is 1. The van der Waals surface area contributed by atoms with E-state index >= 15 is 0 Å². The van der Waals surface area contributed by atoms with Gasteiger partial charge < -0.3 is 20.5 Å². The Morgan fingerprint density at radius 3 is 2.45 bits per heavy atom. The second kappa shape index (κ2) is 5.77. The summed E-state index contributed by atoms with van der Waals surface area (Å²) in [6.07, 6.45) is 1.50. The highest BCUT2D eigenvalue weighted by Gasteiger charge is 2.11. The van der Waals surface area contributed by atoms with E-state index in [-0.39, 0.29) is 0 Å². The van der Waals surface area contributed by atoms with E-state index in [0.717, 1.165) is 16.6 Å². The molecule has 0 bridgehead atoms. The largest absolute Gasteiger partial charge is 0.493 e. The van der Waals surface area contributed by atoms with Crippen LogP contribution in [-0.4, -0.2) is 24.2 Å². The molecular formula is C16H16N4O2. The molecule has 0 atom stereocenters. The summed E-state index contributed by atoms with van der Waals surface area (Å²) in [5.74, 6) is 1.90. The van der Waals surface area contributed by atoms with Crippen molar-refractivity contribution in [2.24, 2.45) is 0 Å². The molecule has 3 N–H and O–H groups in total. The molecule has 0 unspecified atom stereocenters. The van der Waals surface area contributed by atoms with Crippen molar-refractivity contribution in [2.45, 2.75) is 0 Å². The fourth-order valence-electron chi connectivity index (χ4n) is 2.22. The number of ether oxygens (including phenoxy) is 2. The maximum Gasteiger partial charge on any atom is 0.162 e. The zero-order valence-electron chi connectivity index (χ0n) is 12.3. The first-order valence-electron chi connectivity index (χ1n) is 6.71. The minimum absolute atomic E-state index is 0.619. The van der Waals surface area contributed by atoms with Gasteiger partial charge in [-0.3, -0.25) is 0 Å². The Morgan fingerprint density at radius 2 is 1.73 bits per heavy atom. The van der Waals surface area contributed by atoms with Crippen LogP contribution in [0.1, 0.15) is 0 Å². The molecule has 0 spiro atoms. The van der Waals surface area contributed by atoms with Crippen molar-refractivity contribution >= 4 is 28.1 Å². The maximum atomic E-state index is 5.96. The van der Waals surface area contributed by atoms with E-state index in [2.05, 4.69) is 15.3 Å². The molecule has 1 heterocycles. The number of aromatic nitrogens is 2. The molecule has 0 fully saturated rings. The Kier molecular flexibility index (Phi) is 3.65. The van der Waals surface area contributed by atoms with Gasteiger partial charge in [0, 0.05) is 11.5 Å². The molecule has 0 aliphatic heterocycles. The number of hydrogen-bond acceptors (Lipinski definition) is 6. The van der Waals surface area contributed by atoms with Gasteiger partial charge in [-0.2, -0.15) is 0 Å². The van der Waals surface area contributed by atoms with Crippen LogP contribution in [0.3, 0.4) is 0 Å². The molecule has 6 heteroatoms. The van der Waals surface area contributed by atoms with Crippen molar-refractivity contribution in [3.8, 4) is 11.5 Å². The summed E-state index contributed by atoms with van der Waals surface area (Å²) in [5, 5.41) is 4.05. The van der Waals surface area contributed by atoms with Crippen LogP contribution >= 0.6 is 0 Å². The molecule has 0 amide bonds. The van der Waals surface area contributed by atoms with E-state index in [4.69, 9.17) is 15.2 Å². The lowest BCUT2D eigenvalue weighted by Crippen LogP contribution is -2.00. The Bertz CT molecular complexity index is 820. The van der Waals surface area contributed by atoms with E-state index in [1.807, 2.05) is 36.4 Å². The molecule has 6 nitrogen and oxygen atoms in total. The van der Waals surface area contributed by atoms with E-state index in [9.17, 15) is 0 Å². The van der Waals surface area contributed by atoms with Gasteiger partial charge in [0.2, 0.25) is 0 Å². The van der Waals surface area contributed by atoms with Gasteiger partial charge in [0.1, 0.15) is 12.1 Å². The van der Waals surface area contributed by atoms with E-state index in [1.54, 1.807) is 14.2 Å². The third-order valence-corrected chi connectivity index (χ3v) is 3.35. The Hall–Kier alpha value is -3.02. The number of nitrogens with two attached hydrogens (primary N) is 1. The summed E-state index contributed by atoms with van der Waals surface area (Å²) in [6, 6.07) is 11.2. The first-order valence-corrected chi connectivity index (χ1v) is 6.71. The van der Waals surface area contributed by atoms with E-state index in [1.165, 1.54) is 6.33 Å². The summed E-state index contributed by atoms with van der Waals surface area (Å²) in [4.78, 5) is 8.57. The average Bonchev–Trinajstić information content (AvgIpc) is 2.56. The number of rotatable bonds is 4. The molecule has 2 aromatic carbocycles. The van der Waals surface area contributed by atoms with Crippen molar-refractivity contribution in [1.29, 1.82) is 0 Å². The molecule has 3 aromatic rings. The molecule has 112 valence electrons. The zero-order chi connectivity index (χ0) is 15.5. The Morgan fingerprint density at radius 1 is 1.00 bits per heavy atom. The molecule has 0 saturated carbocycles. The number of nitrogens with one attached hydrogen (secondary N) is 1. The first-order chi connectivity index (χ1) is 10.7. The molecule has 0 radical (unpaired) electrons. The van der Waals surface area contributed by atoms with Gasteiger partial charge in [-0.05, 0) is 18.2 Å². The van der Waals surface area contributed by atoms with Crippen molar-refractivity contribution in [1.82, 2.24) is 9.97 Å². The summed E-state index contributed by atoms with van der Waals surface area (Å²) in [7, 11) is 3.18. The molecule has 0 aliphatic rings. The SMILES string of the molecule is COc1cc2ncnc(Nc3ccccc3N)c2cc1OC.